The lowest BCUT2D eigenvalue weighted by Crippen LogP contribution is -2.35. The minimum absolute atomic E-state index is 0.182. The summed E-state index contributed by atoms with van der Waals surface area (Å²) in [5.74, 6) is 3.23. The lowest BCUT2D eigenvalue weighted by Gasteiger charge is -2.15. The molecule has 1 rings (SSSR count). The van der Waals surface area contributed by atoms with Crippen LogP contribution in [0.25, 0.3) is 0 Å². The van der Waals surface area contributed by atoms with Crippen LogP contribution in [0.1, 0.15) is 20.3 Å². The molecule has 1 aromatic rings. The summed E-state index contributed by atoms with van der Waals surface area (Å²) in [4.78, 5) is 11.9. The third-order valence-electron chi connectivity index (χ3n) is 2.49. The van der Waals surface area contributed by atoms with E-state index < -0.39 is 6.04 Å². The van der Waals surface area contributed by atoms with Crippen LogP contribution in [0.3, 0.4) is 0 Å². The van der Waals surface area contributed by atoms with Gasteiger partial charge in [0.25, 0.3) is 0 Å². The minimum atomic E-state index is -0.745. The summed E-state index contributed by atoms with van der Waals surface area (Å²) in [6.45, 7) is 4.79. The standard InChI is InChI=1S/C15H20N2O3/c1-4-7-12(16)15(18)17-13-10-11(19-5-2)8-9-14(13)20-6-3/h1,8-10,12H,5-7,16H2,2-3H3,(H,17,18). The molecular formula is C15H20N2O3. The summed E-state index contributed by atoms with van der Waals surface area (Å²) in [5, 5.41) is 2.71. The zero-order chi connectivity index (χ0) is 15.0. The van der Waals surface area contributed by atoms with Crippen molar-refractivity contribution in [1.29, 1.82) is 0 Å². The van der Waals surface area contributed by atoms with Crippen LogP contribution in [0.4, 0.5) is 5.69 Å². The topological polar surface area (TPSA) is 73.6 Å². The van der Waals surface area contributed by atoms with Crippen molar-refractivity contribution in [3.8, 4) is 23.8 Å². The number of nitrogens with two attached hydrogens (primary N) is 1. The minimum Gasteiger partial charge on any atom is -0.494 e. The van der Waals surface area contributed by atoms with Gasteiger partial charge in [-0.1, -0.05) is 0 Å². The van der Waals surface area contributed by atoms with Crippen molar-refractivity contribution in [3.63, 3.8) is 0 Å². The number of rotatable bonds is 7. The zero-order valence-corrected chi connectivity index (χ0v) is 11.8. The van der Waals surface area contributed by atoms with E-state index in [0.717, 1.165) is 0 Å². The summed E-state index contributed by atoms with van der Waals surface area (Å²) >= 11 is 0. The predicted molar refractivity (Wildman–Crippen MR) is 78.8 cm³/mol. The molecular weight excluding hydrogens is 256 g/mol. The fraction of sp³-hybridized carbons (Fsp3) is 0.400. The van der Waals surface area contributed by atoms with Gasteiger partial charge in [-0.2, -0.15) is 0 Å². The highest BCUT2D eigenvalue weighted by molar-refractivity contribution is 5.96. The molecule has 1 amide bonds. The number of carbonyl (C=O) groups excluding carboxylic acids is 1. The first kappa shape index (κ1) is 15.9. The third kappa shape index (κ3) is 4.48. The second-order valence-electron chi connectivity index (χ2n) is 4.03. The van der Waals surface area contributed by atoms with E-state index in [-0.39, 0.29) is 12.3 Å². The molecule has 0 radical (unpaired) electrons. The molecule has 0 aromatic heterocycles. The largest absolute Gasteiger partial charge is 0.494 e. The molecule has 1 atom stereocenters. The predicted octanol–water partition coefficient (Wildman–Crippen LogP) is 1.77. The second-order valence-corrected chi connectivity index (χ2v) is 4.03. The molecule has 3 N–H and O–H groups in total. The smallest absolute Gasteiger partial charge is 0.242 e. The number of nitrogens with one attached hydrogen (secondary N) is 1. The van der Waals surface area contributed by atoms with E-state index in [4.69, 9.17) is 21.6 Å². The Morgan fingerprint density at radius 1 is 1.40 bits per heavy atom. The van der Waals surface area contributed by atoms with E-state index >= 15 is 0 Å². The summed E-state index contributed by atoms with van der Waals surface area (Å²) < 4.78 is 10.9. The average molecular weight is 276 g/mol. The molecule has 0 fully saturated rings. The Bertz CT molecular complexity index is 494. The molecule has 0 heterocycles. The molecule has 1 aromatic carbocycles. The molecule has 20 heavy (non-hydrogen) atoms. The highest BCUT2D eigenvalue weighted by atomic mass is 16.5. The van der Waals surface area contributed by atoms with Crippen molar-refractivity contribution in [3.05, 3.63) is 18.2 Å². The Kier molecular flexibility index (Phi) is 6.41. The maximum Gasteiger partial charge on any atom is 0.242 e. The lowest BCUT2D eigenvalue weighted by atomic mass is 10.2. The van der Waals surface area contributed by atoms with Gasteiger partial charge in [0.2, 0.25) is 5.91 Å². The van der Waals surface area contributed by atoms with Crippen LogP contribution in [0.2, 0.25) is 0 Å². The lowest BCUT2D eigenvalue weighted by molar-refractivity contribution is -0.117. The summed E-state index contributed by atoms with van der Waals surface area (Å²) in [6.07, 6.45) is 5.33. The Labute approximate surface area is 119 Å². The Morgan fingerprint density at radius 3 is 2.70 bits per heavy atom. The van der Waals surface area contributed by atoms with Crippen LogP contribution in [-0.2, 0) is 4.79 Å². The Morgan fingerprint density at radius 2 is 2.10 bits per heavy atom. The third-order valence-corrected chi connectivity index (χ3v) is 2.49. The first-order chi connectivity index (χ1) is 9.62. The number of hydrogen-bond donors (Lipinski definition) is 2. The number of carbonyl (C=O) groups is 1. The molecule has 0 saturated carbocycles. The van der Waals surface area contributed by atoms with Crippen molar-refractivity contribution in [2.45, 2.75) is 26.3 Å². The van der Waals surface area contributed by atoms with Gasteiger partial charge < -0.3 is 20.5 Å². The van der Waals surface area contributed by atoms with Crippen molar-refractivity contribution in [2.24, 2.45) is 5.73 Å². The van der Waals surface area contributed by atoms with Gasteiger partial charge in [0.05, 0.1) is 24.9 Å². The normalized spacial score (nSPS) is 11.3. The molecule has 0 aliphatic heterocycles. The van der Waals surface area contributed by atoms with Gasteiger partial charge in [0, 0.05) is 12.5 Å². The Balaban J connectivity index is 2.91. The van der Waals surface area contributed by atoms with Crippen LogP contribution >= 0.6 is 0 Å². The van der Waals surface area contributed by atoms with Crippen LogP contribution in [0, 0.1) is 12.3 Å². The second kappa shape index (κ2) is 8.08. The average Bonchev–Trinajstić information content (AvgIpc) is 2.42. The fourth-order valence-corrected chi connectivity index (χ4v) is 1.59. The van der Waals surface area contributed by atoms with Gasteiger partial charge in [-0.15, -0.1) is 12.3 Å². The van der Waals surface area contributed by atoms with Crippen LogP contribution in [0.5, 0.6) is 11.5 Å². The van der Waals surface area contributed by atoms with E-state index in [1.54, 1.807) is 18.2 Å². The molecule has 0 spiro atoms. The van der Waals surface area contributed by atoms with Crippen molar-refractivity contribution >= 4 is 11.6 Å². The van der Waals surface area contributed by atoms with Crippen molar-refractivity contribution in [2.75, 3.05) is 18.5 Å². The number of benzene rings is 1. The number of terminal acetylenes is 1. The molecule has 5 nitrogen and oxygen atoms in total. The number of amides is 1. The highest BCUT2D eigenvalue weighted by Gasteiger charge is 2.15. The molecule has 0 aliphatic rings. The van der Waals surface area contributed by atoms with Gasteiger partial charge in [-0.3, -0.25) is 4.79 Å². The van der Waals surface area contributed by atoms with E-state index in [9.17, 15) is 4.79 Å². The fourth-order valence-electron chi connectivity index (χ4n) is 1.59. The molecule has 1 unspecified atom stereocenters. The van der Waals surface area contributed by atoms with E-state index in [1.165, 1.54) is 0 Å². The van der Waals surface area contributed by atoms with Crippen LogP contribution < -0.4 is 20.5 Å². The summed E-state index contributed by atoms with van der Waals surface area (Å²) in [6, 6.07) is 4.49. The quantitative estimate of drug-likeness (QED) is 0.744. The first-order valence-electron chi connectivity index (χ1n) is 6.51. The van der Waals surface area contributed by atoms with Gasteiger partial charge in [0.15, 0.2) is 0 Å². The van der Waals surface area contributed by atoms with Crippen LogP contribution in [-0.4, -0.2) is 25.2 Å². The number of anilines is 1. The van der Waals surface area contributed by atoms with E-state index in [0.29, 0.717) is 30.4 Å². The van der Waals surface area contributed by atoms with Gasteiger partial charge in [0.1, 0.15) is 11.5 Å². The first-order valence-corrected chi connectivity index (χ1v) is 6.51. The van der Waals surface area contributed by atoms with Gasteiger partial charge in [-0.25, -0.2) is 0 Å². The van der Waals surface area contributed by atoms with Crippen molar-refractivity contribution < 1.29 is 14.3 Å². The molecule has 0 bridgehead atoms. The van der Waals surface area contributed by atoms with Gasteiger partial charge >= 0.3 is 0 Å². The molecule has 5 heteroatoms. The zero-order valence-electron chi connectivity index (χ0n) is 11.8. The maximum atomic E-state index is 11.9. The SMILES string of the molecule is C#CCC(N)C(=O)Nc1cc(OCC)ccc1OCC. The van der Waals surface area contributed by atoms with E-state index in [2.05, 4.69) is 11.2 Å². The molecule has 108 valence electrons. The Hall–Kier alpha value is -2.19. The van der Waals surface area contributed by atoms with Crippen LogP contribution in [0.15, 0.2) is 18.2 Å². The summed E-state index contributed by atoms with van der Waals surface area (Å²) in [5.41, 5.74) is 6.19. The molecule has 0 saturated heterocycles. The van der Waals surface area contributed by atoms with Crippen molar-refractivity contribution in [1.82, 2.24) is 0 Å². The highest BCUT2D eigenvalue weighted by Crippen LogP contribution is 2.29. The van der Waals surface area contributed by atoms with Gasteiger partial charge in [-0.05, 0) is 26.0 Å². The van der Waals surface area contributed by atoms with E-state index in [1.807, 2.05) is 13.8 Å². The summed E-state index contributed by atoms with van der Waals surface area (Å²) in [7, 11) is 0. The monoisotopic (exact) mass is 276 g/mol. The molecule has 0 aliphatic carbocycles. The number of ether oxygens (including phenoxy) is 2. The maximum absolute atomic E-state index is 11.9. The number of hydrogen-bond acceptors (Lipinski definition) is 4.